The van der Waals surface area contributed by atoms with E-state index in [2.05, 4.69) is 15.3 Å². The second-order valence-corrected chi connectivity index (χ2v) is 6.71. The maximum absolute atomic E-state index is 13.3. The molecule has 0 saturated carbocycles. The molecule has 0 radical (unpaired) electrons. The molecular weight excluding hydrogens is 375 g/mol. The zero-order valence-electron chi connectivity index (χ0n) is 15.0. The molecule has 1 aromatic heterocycles. The minimum atomic E-state index is -1.06. The lowest BCUT2D eigenvalue weighted by Gasteiger charge is -2.36. The first-order valence-corrected chi connectivity index (χ1v) is 8.93. The van der Waals surface area contributed by atoms with Crippen molar-refractivity contribution in [2.75, 3.05) is 19.6 Å². The number of likely N-dealkylation sites (tertiary alicyclic amines) is 1. The number of carbonyl (C=O) groups excluding carboxylic acids is 2. The molecule has 0 unspecified atom stereocenters. The van der Waals surface area contributed by atoms with Crippen molar-refractivity contribution in [2.24, 2.45) is 5.73 Å². The molecule has 1 aromatic carbocycles. The van der Waals surface area contributed by atoms with E-state index in [1.165, 1.54) is 11.1 Å². The largest absolute Gasteiger partial charge is 0.351 e. The van der Waals surface area contributed by atoms with Crippen LogP contribution in [0.15, 0.2) is 18.3 Å². The van der Waals surface area contributed by atoms with Gasteiger partial charge in [-0.2, -0.15) is 0 Å². The fourth-order valence-corrected chi connectivity index (χ4v) is 2.86. The normalized spacial score (nSPS) is 15.4. The van der Waals surface area contributed by atoms with Crippen LogP contribution >= 0.6 is 0 Å². The Labute approximate surface area is 159 Å². The highest BCUT2D eigenvalue weighted by atomic mass is 19.2. The van der Waals surface area contributed by atoms with Crippen LogP contribution in [0.2, 0.25) is 0 Å². The Hall–Kier alpha value is -2.75. The van der Waals surface area contributed by atoms with E-state index in [0.717, 1.165) is 12.1 Å². The quantitative estimate of drug-likeness (QED) is 0.689. The zero-order valence-corrected chi connectivity index (χ0v) is 15.0. The number of nitrogens with one attached hydrogen (secondary N) is 1. The fourth-order valence-electron chi connectivity index (χ4n) is 2.86. The second-order valence-electron chi connectivity index (χ2n) is 6.71. The van der Waals surface area contributed by atoms with Crippen molar-refractivity contribution in [1.29, 1.82) is 0 Å². The second kappa shape index (κ2) is 8.51. The van der Waals surface area contributed by atoms with Crippen molar-refractivity contribution in [1.82, 2.24) is 20.2 Å². The monoisotopic (exact) mass is 395 g/mol. The summed E-state index contributed by atoms with van der Waals surface area (Å²) in [7, 11) is 0. The third-order valence-corrected chi connectivity index (χ3v) is 4.51. The molecule has 1 fully saturated rings. The van der Waals surface area contributed by atoms with E-state index >= 15 is 0 Å². The Kier molecular flexibility index (Phi) is 6.08. The number of unbranched alkanes of at least 4 members (excludes halogenated alkanes) is 1. The molecule has 1 aliphatic heterocycles. The van der Waals surface area contributed by atoms with Gasteiger partial charge in [0.15, 0.2) is 11.6 Å². The molecule has 0 bridgehead atoms. The summed E-state index contributed by atoms with van der Waals surface area (Å²) in [4.78, 5) is 33.3. The Morgan fingerprint density at radius 2 is 1.89 bits per heavy atom. The Balaban J connectivity index is 1.42. The molecule has 150 valence electrons. The van der Waals surface area contributed by atoms with Crippen molar-refractivity contribution in [2.45, 2.75) is 31.5 Å². The van der Waals surface area contributed by atoms with Crippen molar-refractivity contribution >= 4 is 22.8 Å². The van der Waals surface area contributed by atoms with Crippen LogP contribution in [0, 0.1) is 11.6 Å². The molecule has 2 aromatic rings. The number of benzene rings is 1. The molecule has 0 aliphatic carbocycles. The lowest BCUT2D eigenvalue weighted by atomic mass is 10.1. The Morgan fingerprint density at radius 3 is 2.57 bits per heavy atom. The highest BCUT2D eigenvalue weighted by Gasteiger charge is 2.32. The van der Waals surface area contributed by atoms with Gasteiger partial charge in [-0.3, -0.25) is 14.6 Å². The van der Waals surface area contributed by atoms with E-state index < -0.39 is 29.8 Å². The first kappa shape index (κ1) is 20.0. The number of rotatable bonds is 7. The number of carbonyl (C=O) groups is 2. The van der Waals surface area contributed by atoms with Crippen LogP contribution < -0.4 is 11.1 Å². The van der Waals surface area contributed by atoms with Crippen molar-refractivity contribution in [3.05, 3.63) is 35.7 Å². The fraction of sp³-hybridized carbons (Fsp3) is 0.444. The zero-order chi connectivity index (χ0) is 20.3. The van der Waals surface area contributed by atoms with Crippen LogP contribution in [0.3, 0.4) is 0 Å². The topological polar surface area (TPSA) is 101 Å². The van der Waals surface area contributed by atoms with Crippen LogP contribution in [0.5, 0.6) is 0 Å². The summed E-state index contributed by atoms with van der Waals surface area (Å²) in [6.45, 7) is 0.533. The molecule has 28 heavy (non-hydrogen) atoms. The van der Waals surface area contributed by atoms with E-state index in [9.17, 15) is 22.8 Å². The summed E-state index contributed by atoms with van der Waals surface area (Å²) in [5.74, 6) is -2.85. The number of amides is 2. The summed E-state index contributed by atoms with van der Waals surface area (Å²) in [6, 6.07) is 1.12. The standard InChI is InChI=1S/C18H20F3N5O2/c19-10-8-26(9-10)18(28)13(22)3-1-2-4-23-17(27)16-7-24-14-5-11(20)12(21)6-15(14)25-16/h5-7,10,13H,1-4,8-9,22H2,(H,23,27)/t13-/m0/s1. The molecule has 7 nitrogen and oxygen atoms in total. The van der Waals surface area contributed by atoms with Crippen LogP contribution in [0.1, 0.15) is 29.8 Å². The smallest absolute Gasteiger partial charge is 0.271 e. The molecule has 2 heterocycles. The van der Waals surface area contributed by atoms with Gasteiger partial charge in [-0.15, -0.1) is 0 Å². The predicted octanol–water partition coefficient (Wildman–Crippen LogP) is 1.32. The summed E-state index contributed by atoms with van der Waals surface area (Å²) in [6.07, 6.45) is 1.85. The van der Waals surface area contributed by atoms with Crippen LogP contribution in [-0.2, 0) is 4.79 Å². The van der Waals surface area contributed by atoms with Gasteiger partial charge in [0.1, 0.15) is 11.9 Å². The molecule has 3 rings (SSSR count). The highest BCUT2D eigenvalue weighted by molar-refractivity contribution is 5.93. The van der Waals surface area contributed by atoms with Gasteiger partial charge in [0.2, 0.25) is 5.91 Å². The lowest BCUT2D eigenvalue weighted by Crippen LogP contribution is -2.56. The van der Waals surface area contributed by atoms with E-state index in [4.69, 9.17) is 5.73 Å². The minimum absolute atomic E-state index is 0.0102. The molecule has 3 N–H and O–H groups in total. The molecule has 1 atom stereocenters. The van der Waals surface area contributed by atoms with E-state index in [1.54, 1.807) is 0 Å². The van der Waals surface area contributed by atoms with E-state index in [0.29, 0.717) is 25.8 Å². The Bertz CT molecular complexity index is 889. The first-order valence-electron chi connectivity index (χ1n) is 8.93. The maximum Gasteiger partial charge on any atom is 0.271 e. The average Bonchev–Trinajstić information content (AvgIpc) is 2.64. The molecule has 0 spiro atoms. The van der Waals surface area contributed by atoms with E-state index in [1.807, 2.05) is 0 Å². The minimum Gasteiger partial charge on any atom is -0.351 e. The van der Waals surface area contributed by atoms with Gasteiger partial charge in [0, 0.05) is 18.7 Å². The first-order chi connectivity index (χ1) is 13.3. The number of aromatic nitrogens is 2. The predicted molar refractivity (Wildman–Crippen MR) is 95.1 cm³/mol. The van der Waals surface area contributed by atoms with Gasteiger partial charge in [-0.1, -0.05) is 0 Å². The van der Waals surface area contributed by atoms with Gasteiger partial charge in [-0.25, -0.2) is 18.2 Å². The lowest BCUT2D eigenvalue weighted by molar-refractivity contribution is -0.139. The summed E-state index contributed by atoms with van der Waals surface area (Å²) in [5.41, 5.74) is 6.02. The average molecular weight is 395 g/mol. The van der Waals surface area contributed by atoms with Gasteiger partial charge < -0.3 is 16.0 Å². The summed E-state index contributed by atoms with van der Waals surface area (Å²) in [5, 5.41) is 2.65. The number of nitrogens with two attached hydrogens (primary N) is 1. The number of nitrogens with zero attached hydrogens (tertiary/aromatic N) is 3. The van der Waals surface area contributed by atoms with Crippen molar-refractivity contribution in [3.63, 3.8) is 0 Å². The number of hydrogen-bond donors (Lipinski definition) is 2. The third-order valence-electron chi connectivity index (χ3n) is 4.51. The summed E-state index contributed by atoms with van der Waals surface area (Å²) >= 11 is 0. The highest BCUT2D eigenvalue weighted by Crippen LogP contribution is 2.15. The number of alkyl halides is 1. The maximum atomic E-state index is 13.3. The van der Waals surface area contributed by atoms with Gasteiger partial charge in [0.25, 0.3) is 5.91 Å². The summed E-state index contributed by atoms with van der Waals surface area (Å²) < 4.78 is 39.2. The third kappa shape index (κ3) is 4.56. The van der Waals surface area contributed by atoms with Gasteiger partial charge in [0.05, 0.1) is 36.4 Å². The van der Waals surface area contributed by atoms with Crippen LogP contribution in [-0.4, -0.2) is 58.5 Å². The van der Waals surface area contributed by atoms with Gasteiger partial charge in [-0.05, 0) is 19.3 Å². The molecule has 1 aliphatic rings. The number of halogens is 3. The van der Waals surface area contributed by atoms with Gasteiger partial charge >= 0.3 is 0 Å². The molecule has 1 saturated heterocycles. The van der Waals surface area contributed by atoms with Crippen molar-refractivity contribution in [3.8, 4) is 0 Å². The van der Waals surface area contributed by atoms with Crippen LogP contribution in [0.4, 0.5) is 13.2 Å². The SMILES string of the molecule is N[C@@H](CCCCNC(=O)c1cnc2cc(F)c(F)cc2n1)C(=O)N1CC(F)C1. The van der Waals surface area contributed by atoms with Crippen LogP contribution in [0.25, 0.3) is 11.0 Å². The molecular formula is C18H20F3N5O2. The number of hydrogen-bond acceptors (Lipinski definition) is 5. The Morgan fingerprint density at radius 1 is 1.21 bits per heavy atom. The number of fused-ring (bicyclic) bond motifs is 1. The van der Waals surface area contributed by atoms with Crippen molar-refractivity contribution < 1.29 is 22.8 Å². The molecule has 2 amide bonds. The molecule has 10 heteroatoms. The van der Waals surface area contributed by atoms with E-state index in [-0.39, 0.29) is 35.7 Å².